The van der Waals surface area contributed by atoms with Gasteiger partial charge in [-0.15, -0.1) is 0 Å². The summed E-state index contributed by atoms with van der Waals surface area (Å²) in [5.41, 5.74) is 4.12. The first-order chi connectivity index (χ1) is 15.6. The molecule has 2 heterocycles. The zero-order valence-corrected chi connectivity index (χ0v) is 21.8. The standard InChI is InChI=1S/C25H36N4O3Si/c1-18-15-21(28(4)27-18)22-16-23(32-19(2)20-11-9-8-10-12-20)24(25(30)26-3)29(22)17-31-13-14-33(5,6)7/h8-12,15-16,19H,13-14,17H2,1-7H3,(H,26,30)/t19-/m0/s1. The van der Waals surface area contributed by atoms with E-state index in [2.05, 4.69) is 30.1 Å². The van der Waals surface area contributed by atoms with E-state index in [4.69, 9.17) is 9.47 Å². The van der Waals surface area contributed by atoms with Crippen LogP contribution in [0, 0.1) is 6.92 Å². The van der Waals surface area contributed by atoms with Crippen LogP contribution in [0.15, 0.2) is 42.5 Å². The Bertz CT molecular complexity index is 1080. The molecule has 0 spiro atoms. The topological polar surface area (TPSA) is 70.3 Å². The van der Waals surface area contributed by atoms with E-state index in [9.17, 15) is 4.79 Å². The lowest BCUT2D eigenvalue weighted by molar-refractivity contribution is 0.0792. The van der Waals surface area contributed by atoms with Crippen LogP contribution < -0.4 is 10.1 Å². The van der Waals surface area contributed by atoms with Gasteiger partial charge in [0.05, 0.1) is 17.1 Å². The maximum Gasteiger partial charge on any atom is 0.271 e. The molecule has 3 rings (SSSR count). The Kier molecular flexibility index (Phi) is 7.81. The van der Waals surface area contributed by atoms with Crippen molar-refractivity contribution in [2.24, 2.45) is 7.05 Å². The molecule has 0 aliphatic carbocycles. The monoisotopic (exact) mass is 468 g/mol. The molecule has 33 heavy (non-hydrogen) atoms. The lowest BCUT2D eigenvalue weighted by atomic mass is 10.1. The molecule has 0 aliphatic rings. The van der Waals surface area contributed by atoms with Gasteiger partial charge in [-0.1, -0.05) is 50.0 Å². The van der Waals surface area contributed by atoms with Crippen LogP contribution in [0.1, 0.15) is 34.8 Å². The molecule has 3 aromatic rings. The second-order valence-electron chi connectivity index (χ2n) is 9.56. The number of nitrogens with one attached hydrogen (secondary N) is 1. The third-order valence-electron chi connectivity index (χ3n) is 5.56. The summed E-state index contributed by atoms with van der Waals surface area (Å²) in [6.45, 7) is 11.8. The number of carbonyl (C=O) groups excluding carboxylic acids is 1. The number of hydrogen-bond acceptors (Lipinski definition) is 4. The highest BCUT2D eigenvalue weighted by Gasteiger charge is 2.26. The molecule has 1 amide bonds. The van der Waals surface area contributed by atoms with E-state index in [0.29, 0.717) is 18.1 Å². The molecule has 1 aromatic carbocycles. The van der Waals surface area contributed by atoms with Gasteiger partial charge in [-0.05, 0) is 31.5 Å². The van der Waals surface area contributed by atoms with Crippen molar-refractivity contribution in [1.29, 1.82) is 0 Å². The highest BCUT2D eigenvalue weighted by atomic mass is 28.3. The maximum absolute atomic E-state index is 13.0. The Hall–Kier alpha value is -2.84. The number of nitrogens with zero attached hydrogens (tertiary/aromatic N) is 3. The van der Waals surface area contributed by atoms with E-state index in [1.807, 2.05) is 72.6 Å². The van der Waals surface area contributed by atoms with Crippen molar-refractivity contribution in [3.63, 3.8) is 0 Å². The maximum atomic E-state index is 13.0. The predicted octanol–water partition coefficient (Wildman–Crippen LogP) is 5.01. The molecule has 2 aromatic heterocycles. The van der Waals surface area contributed by atoms with Crippen LogP contribution in [0.25, 0.3) is 11.4 Å². The number of carbonyl (C=O) groups is 1. The van der Waals surface area contributed by atoms with Gasteiger partial charge in [0.2, 0.25) is 0 Å². The van der Waals surface area contributed by atoms with Crippen molar-refractivity contribution in [2.75, 3.05) is 13.7 Å². The van der Waals surface area contributed by atoms with Gasteiger partial charge in [-0.3, -0.25) is 9.48 Å². The van der Waals surface area contributed by atoms with E-state index in [1.165, 1.54) is 0 Å². The third-order valence-corrected chi connectivity index (χ3v) is 7.26. The average Bonchev–Trinajstić information content (AvgIpc) is 3.29. The van der Waals surface area contributed by atoms with Gasteiger partial charge in [0, 0.05) is 34.8 Å². The van der Waals surface area contributed by atoms with E-state index in [0.717, 1.165) is 28.7 Å². The summed E-state index contributed by atoms with van der Waals surface area (Å²) in [6.07, 6.45) is -0.223. The van der Waals surface area contributed by atoms with Gasteiger partial charge in [-0.2, -0.15) is 5.10 Å². The Morgan fingerprint density at radius 1 is 1.15 bits per heavy atom. The van der Waals surface area contributed by atoms with Crippen molar-refractivity contribution in [2.45, 2.75) is 52.4 Å². The minimum Gasteiger partial charge on any atom is -0.484 e. The zero-order valence-electron chi connectivity index (χ0n) is 20.8. The first-order valence-electron chi connectivity index (χ1n) is 11.4. The number of aryl methyl sites for hydroxylation is 2. The first-order valence-corrected chi connectivity index (χ1v) is 15.1. The van der Waals surface area contributed by atoms with Crippen molar-refractivity contribution in [1.82, 2.24) is 19.7 Å². The normalized spacial score (nSPS) is 12.6. The van der Waals surface area contributed by atoms with Gasteiger partial charge in [-0.25, -0.2) is 0 Å². The quantitative estimate of drug-likeness (QED) is 0.335. The van der Waals surface area contributed by atoms with Crippen LogP contribution in [0.2, 0.25) is 25.7 Å². The molecule has 0 aliphatic heterocycles. The number of ether oxygens (including phenoxy) is 2. The van der Waals surface area contributed by atoms with Gasteiger partial charge < -0.3 is 19.4 Å². The molecule has 0 bridgehead atoms. The number of benzene rings is 1. The second kappa shape index (κ2) is 10.4. The van der Waals surface area contributed by atoms with Gasteiger partial charge >= 0.3 is 0 Å². The van der Waals surface area contributed by atoms with E-state index in [-0.39, 0.29) is 18.7 Å². The van der Waals surface area contributed by atoms with Gasteiger partial charge in [0.1, 0.15) is 12.8 Å². The second-order valence-corrected chi connectivity index (χ2v) is 15.2. The van der Waals surface area contributed by atoms with Crippen LogP contribution in [0.4, 0.5) is 0 Å². The molecule has 0 radical (unpaired) electrons. The Morgan fingerprint density at radius 2 is 1.85 bits per heavy atom. The molecule has 1 N–H and O–H groups in total. The van der Waals surface area contributed by atoms with E-state index >= 15 is 0 Å². The molecule has 1 atom stereocenters. The zero-order chi connectivity index (χ0) is 24.2. The number of rotatable bonds is 10. The fourth-order valence-corrected chi connectivity index (χ4v) is 4.44. The molecule has 0 saturated heterocycles. The van der Waals surface area contributed by atoms with Gasteiger partial charge in [0.25, 0.3) is 5.91 Å². The molecule has 7 nitrogen and oxygen atoms in total. The first kappa shape index (κ1) is 24.8. The number of amides is 1. The predicted molar refractivity (Wildman–Crippen MR) is 134 cm³/mol. The highest BCUT2D eigenvalue weighted by molar-refractivity contribution is 6.76. The summed E-state index contributed by atoms with van der Waals surface area (Å²) in [5, 5.41) is 7.26. The minimum atomic E-state index is -1.23. The molecular weight excluding hydrogens is 432 g/mol. The van der Waals surface area contributed by atoms with Gasteiger partial charge in [0.15, 0.2) is 11.4 Å². The van der Waals surface area contributed by atoms with Crippen molar-refractivity contribution >= 4 is 14.0 Å². The van der Waals surface area contributed by atoms with Crippen LogP contribution in [0.3, 0.4) is 0 Å². The largest absolute Gasteiger partial charge is 0.484 e. The molecule has 0 unspecified atom stereocenters. The summed E-state index contributed by atoms with van der Waals surface area (Å²) >= 11 is 0. The van der Waals surface area contributed by atoms with Crippen molar-refractivity contribution < 1.29 is 14.3 Å². The lowest BCUT2D eigenvalue weighted by Crippen LogP contribution is -2.25. The highest BCUT2D eigenvalue weighted by Crippen LogP contribution is 2.34. The molecule has 0 saturated carbocycles. The summed E-state index contributed by atoms with van der Waals surface area (Å²) in [5.74, 6) is 0.303. The molecule has 8 heteroatoms. The summed E-state index contributed by atoms with van der Waals surface area (Å²) in [6, 6.07) is 15.0. The van der Waals surface area contributed by atoms with Crippen molar-refractivity contribution in [3.05, 3.63) is 59.4 Å². The molecule has 0 fully saturated rings. The fraction of sp³-hybridized carbons (Fsp3) is 0.440. The average molecular weight is 469 g/mol. The fourth-order valence-electron chi connectivity index (χ4n) is 3.68. The molecular formula is C25H36N4O3Si. The van der Waals surface area contributed by atoms with Crippen LogP contribution in [0.5, 0.6) is 5.75 Å². The Balaban J connectivity index is 2.03. The molecule has 178 valence electrons. The van der Waals surface area contributed by atoms with Crippen LogP contribution in [-0.4, -0.2) is 42.0 Å². The Morgan fingerprint density at radius 3 is 2.42 bits per heavy atom. The van der Waals surface area contributed by atoms with Crippen molar-refractivity contribution in [3.8, 4) is 17.1 Å². The van der Waals surface area contributed by atoms with E-state index < -0.39 is 8.07 Å². The number of hydrogen-bond donors (Lipinski definition) is 1. The smallest absolute Gasteiger partial charge is 0.271 e. The lowest BCUT2D eigenvalue weighted by Gasteiger charge is -2.18. The minimum absolute atomic E-state index is 0.218. The summed E-state index contributed by atoms with van der Waals surface area (Å²) in [4.78, 5) is 13.0. The third kappa shape index (κ3) is 6.14. The Labute approximate surface area is 197 Å². The summed E-state index contributed by atoms with van der Waals surface area (Å²) in [7, 11) is 2.30. The van der Waals surface area contributed by atoms with Crippen LogP contribution >= 0.6 is 0 Å². The summed E-state index contributed by atoms with van der Waals surface area (Å²) < 4.78 is 16.1. The van der Waals surface area contributed by atoms with Crippen LogP contribution in [-0.2, 0) is 18.5 Å². The SMILES string of the molecule is CNC(=O)c1c(O[C@@H](C)c2ccccc2)cc(-c2cc(C)nn2C)n1COCC[Si](C)(C)C. The van der Waals surface area contributed by atoms with E-state index in [1.54, 1.807) is 7.05 Å². The number of aromatic nitrogens is 3.